The van der Waals surface area contributed by atoms with Gasteiger partial charge in [0.15, 0.2) is 9.84 Å². The Morgan fingerprint density at radius 3 is 2.87 bits per heavy atom. The molecule has 0 spiro atoms. The van der Waals surface area contributed by atoms with Gasteiger partial charge >= 0.3 is 0 Å². The standard InChI is InChI=1S/C16H25N3O3S/c1-13-4-3-5-14(18-13)6-9-17-16(20)7-10-19(2)15-8-11-23(21,22)12-15/h3-5,15H,6-12H2,1-2H3,(H,17,20). The van der Waals surface area contributed by atoms with Gasteiger partial charge in [0.2, 0.25) is 5.91 Å². The van der Waals surface area contributed by atoms with Gasteiger partial charge < -0.3 is 10.2 Å². The first-order valence-electron chi connectivity index (χ1n) is 7.95. The summed E-state index contributed by atoms with van der Waals surface area (Å²) in [6.45, 7) is 3.09. The number of nitrogens with zero attached hydrogens (tertiary/aromatic N) is 2. The quantitative estimate of drug-likeness (QED) is 0.785. The Kier molecular flexibility index (Phi) is 6.12. The number of pyridine rings is 1. The van der Waals surface area contributed by atoms with Crippen LogP contribution in [-0.2, 0) is 21.1 Å². The lowest BCUT2D eigenvalue weighted by atomic mass is 10.2. The van der Waals surface area contributed by atoms with Gasteiger partial charge in [0, 0.05) is 43.4 Å². The van der Waals surface area contributed by atoms with Crippen LogP contribution in [0.15, 0.2) is 18.2 Å². The molecule has 0 aliphatic carbocycles. The van der Waals surface area contributed by atoms with Gasteiger partial charge in [-0.15, -0.1) is 0 Å². The van der Waals surface area contributed by atoms with Crippen molar-refractivity contribution in [1.82, 2.24) is 15.2 Å². The van der Waals surface area contributed by atoms with E-state index in [1.807, 2.05) is 37.1 Å². The van der Waals surface area contributed by atoms with Gasteiger partial charge in [-0.25, -0.2) is 8.42 Å². The van der Waals surface area contributed by atoms with E-state index in [0.29, 0.717) is 32.4 Å². The molecule has 1 amide bonds. The topological polar surface area (TPSA) is 79.4 Å². The van der Waals surface area contributed by atoms with Crippen LogP contribution in [0.1, 0.15) is 24.2 Å². The predicted octanol–water partition coefficient (Wildman–Crippen LogP) is 0.558. The first-order valence-corrected chi connectivity index (χ1v) is 9.78. The highest BCUT2D eigenvalue weighted by atomic mass is 32.2. The number of carbonyl (C=O) groups is 1. The number of amides is 1. The average Bonchev–Trinajstić information content (AvgIpc) is 2.85. The van der Waals surface area contributed by atoms with Crippen molar-refractivity contribution in [3.05, 3.63) is 29.6 Å². The van der Waals surface area contributed by atoms with E-state index in [2.05, 4.69) is 10.3 Å². The molecule has 1 N–H and O–H groups in total. The minimum absolute atomic E-state index is 0.00893. The largest absolute Gasteiger partial charge is 0.356 e. The summed E-state index contributed by atoms with van der Waals surface area (Å²) in [5.74, 6) is 0.465. The van der Waals surface area contributed by atoms with Gasteiger partial charge in [-0.2, -0.15) is 0 Å². The van der Waals surface area contributed by atoms with Crippen molar-refractivity contribution in [3.63, 3.8) is 0 Å². The number of hydrogen-bond donors (Lipinski definition) is 1. The maximum Gasteiger partial charge on any atom is 0.221 e. The summed E-state index contributed by atoms with van der Waals surface area (Å²) in [7, 11) is -0.992. The smallest absolute Gasteiger partial charge is 0.221 e. The summed E-state index contributed by atoms with van der Waals surface area (Å²) in [6, 6.07) is 5.91. The van der Waals surface area contributed by atoms with Crippen LogP contribution in [0.25, 0.3) is 0 Å². The van der Waals surface area contributed by atoms with Crippen LogP contribution in [0.4, 0.5) is 0 Å². The minimum Gasteiger partial charge on any atom is -0.356 e. The third-order valence-electron chi connectivity index (χ3n) is 4.17. The fourth-order valence-corrected chi connectivity index (χ4v) is 4.55. The number of sulfone groups is 1. The van der Waals surface area contributed by atoms with Gasteiger partial charge in [-0.3, -0.25) is 9.78 Å². The van der Waals surface area contributed by atoms with E-state index in [1.165, 1.54) is 0 Å². The molecule has 128 valence electrons. The van der Waals surface area contributed by atoms with Crippen LogP contribution in [0.5, 0.6) is 0 Å². The summed E-state index contributed by atoms with van der Waals surface area (Å²) < 4.78 is 22.9. The van der Waals surface area contributed by atoms with E-state index in [9.17, 15) is 13.2 Å². The van der Waals surface area contributed by atoms with Crippen LogP contribution in [0, 0.1) is 6.92 Å². The Hall–Kier alpha value is -1.47. The van der Waals surface area contributed by atoms with Gasteiger partial charge in [0.05, 0.1) is 11.5 Å². The van der Waals surface area contributed by atoms with E-state index < -0.39 is 9.84 Å². The molecule has 1 saturated heterocycles. The molecule has 0 saturated carbocycles. The van der Waals surface area contributed by atoms with Crippen molar-refractivity contribution >= 4 is 15.7 Å². The van der Waals surface area contributed by atoms with Crippen molar-refractivity contribution in [3.8, 4) is 0 Å². The van der Waals surface area contributed by atoms with Crippen molar-refractivity contribution in [2.45, 2.75) is 32.2 Å². The molecule has 2 rings (SSSR count). The van der Waals surface area contributed by atoms with Crippen LogP contribution in [0.3, 0.4) is 0 Å². The molecule has 1 aliphatic heterocycles. The number of rotatable bonds is 7. The fourth-order valence-electron chi connectivity index (χ4n) is 2.74. The number of carbonyl (C=O) groups excluding carboxylic acids is 1. The van der Waals surface area contributed by atoms with E-state index in [-0.39, 0.29) is 23.5 Å². The van der Waals surface area contributed by atoms with Crippen LogP contribution in [0.2, 0.25) is 0 Å². The Balaban J connectivity index is 1.65. The Bertz CT molecular complexity index is 646. The van der Waals surface area contributed by atoms with Gasteiger partial charge in [-0.1, -0.05) is 6.07 Å². The van der Waals surface area contributed by atoms with E-state index in [1.54, 1.807) is 0 Å². The highest BCUT2D eigenvalue weighted by molar-refractivity contribution is 7.91. The molecule has 0 radical (unpaired) electrons. The molecule has 6 nitrogen and oxygen atoms in total. The Morgan fingerprint density at radius 1 is 1.43 bits per heavy atom. The number of aromatic nitrogens is 1. The van der Waals surface area contributed by atoms with Crippen molar-refractivity contribution in [2.75, 3.05) is 31.6 Å². The van der Waals surface area contributed by atoms with E-state index >= 15 is 0 Å². The lowest BCUT2D eigenvalue weighted by Crippen LogP contribution is -2.36. The zero-order valence-electron chi connectivity index (χ0n) is 13.8. The van der Waals surface area contributed by atoms with Crippen LogP contribution >= 0.6 is 0 Å². The number of nitrogens with one attached hydrogen (secondary N) is 1. The monoisotopic (exact) mass is 339 g/mol. The maximum absolute atomic E-state index is 11.9. The molecule has 1 atom stereocenters. The number of hydrogen-bond acceptors (Lipinski definition) is 5. The second kappa shape index (κ2) is 7.88. The summed E-state index contributed by atoms with van der Waals surface area (Å²) in [4.78, 5) is 18.2. The molecule has 1 aromatic rings. The van der Waals surface area contributed by atoms with Gasteiger partial charge in [0.25, 0.3) is 0 Å². The molecule has 7 heteroatoms. The second-order valence-electron chi connectivity index (χ2n) is 6.16. The molecule has 0 bridgehead atoms. The van der Waals surface area contributed by atoms with Gasteiger partial charge in [-0.05, 0) is 32.5 Å². The third kappa shape index (κ3) is 5.91. The summed E-state index contributed by atoms with van der Waals surface area (Å²) in [6.07, 6.45) is 1.76. The molecule has 23 heavy (non-hydrogen) atoms. The molecule has 2 heterocycles. The lowest BCUT2D eigenvalue weighted by molar-refractivity contribution is -0.121. The normalized spacial score (nSPS) is 19.9. The molecule has 1 unspecified atom stereocenters. The maximum atomic E-state index is 11.9. The molecule has 1 aliphatic rings. The van der Waals surface area contributed by atoms with E-state index in [4.69, 9.17) is 0 Å². The predicted molar refractivity (Wildman–Crippen MR) is 90.0 cm³/mol. The molecular weight excluding hydrogens is 314 g/mol. The molecule has 1 aromatic heterocycles. The third-order valence-corrected chi connectivity index (χ3v) is 5.92. The number of aryl methyl sites for hydroxylation is 1. The molecule has 1 fully saturated rings. The zero-order valence-corrected chi connectivity index (χ0v) is 14.6. The lowest BCUT2D eigenvalue weighted by Gasteiger charge is -2.22. The average molecular weight is 339 g/mol. The first-order chi connectivity index (χ1) is 10.9. The van der Waals surface area contributed by atoms with Crippen molar-refractivity contribution in [1.29, 1.82) is 0 Å². The fraction of sp³-hybridized carbons (Fsp3) is 0.625. The summed E-state index contributed by atoms with van der Waals surface area (Å²) in [5, 5.41) is 2.89. The van der Waals surface area contributed by atoms with Crippen molar-refractivity contribution in [2.24, 2.45) is 0 Å². The minimum atomic E-state index is -2.88. The second-order valence-corrected chi connectivity index (χ2v) is 8.39. The summed E-state index contributed by atoms with van der Waals surface area (Å²) in [5.41, 5.74) is 1.94. The molecular formula is C16H25N3O3S. The van der Waals surface area contributed by atoms with E-state index in [0.717, 1.165) is 11.4 Å². The van der Waals surface area contributed by atoms with Crippen LogP contribution in [-0.4, -0.2) is 61.9 Å². The zero-order chi connectivity index (χ0) is 16.9. The Labute approximate surface area is 138 Å². The SMILES string of the molecule is Cc1cccc(CCNC(=O)CCN(C)C2CCS(=O)(=O)C2)n1. The van der Waals surface area contributed by atoms with Crippen LogP contribution < -0.4 is 5.32 Å². The Morgan fingerprint density at radius 2 is 2.22 bits per heavy atom. The van der Waals surface area contributed by atoms with Gasteiger partial charge in [0.1, 0.15) is 0 Å². The first kappa shape index (κ1) is 17.9. The highest BCUT2D eigenvalue weighted by Crippen LogP contribution is 2.16. The highest BCUT2D eigenvalue weighted by Gasteiger charge is 2.30. The molecule has 0 aromatic carbocycles. The summed E-state index contributed by atoms with van der Waals surface area (Å²) >= 11 is 0. The van der Waals surface area contributed by atoms with Crippen molar-refractivity contribution < 1.29 is 13.2 Å².